The first-order valence-electron chi connectivity index (χ1n) is 5.88. The number of hydrogen-bond donors (Lipinski definition) is 1. The van der Waals surface area contributed by atoms with Crippen molar-refractivity contribution < 1.29 is 14.6 Å². The number of rotatable bonds is 3. The van der Waals surface area contributed by atoms with E-state index in [1.807, 2.05) is 24.3 Å². The zero-order chi connectivity index (χ0) is 13.2. The number of fused-ring (bicyclic) bond motifs is 1. The minimum atomic E-state index is -1.25. The van der Waals surface area contributed by atoms with Crippen molar-refractivity contribution in [1.29, 1.82) is 5.26 Å². The number of methoxy groups -OCH3 is 1. The summed E-state index contributed by atoms with van der Waals surface area (Å²) in [6, 6.07) is 9.82. The topological polar surface area (TPSA) is 62.5 Å². The molecular weight excluding hydrogens is 230 g/mol. The third-order valence-electron chi connectivity index (χ3n) is 3.61. The Morgan fingerprint density at radius 2 is 2.28 bits per heavy atom. The van der Waals surface area contributed by atoms with Crippen LogP contribution in [0.1, 0.15) is 12.5 Å². The van der Waals surface area contributed by atoms with E-state index in [0.29, 0.717) is 6.42 Å². The van der Waals surface area contributed by atoms with Crippen LogP contribution in [0.5, 0.6) is 5.75 Å². The monoisotopic (exact) mass is 247 g/mol. The normalized spacial score (nSPS) is 25.4. The van der Waals surface area contributed by atoms with Crippen molar-refractivity contribution in [3.8, 4) is 11.8 Å². The Morgan fingerprint density at radius 3 is 2.94 bits per heavy atom. The van der Waals surface area contributed by atoms with Gasteiger partial charge < -0.3 is 14.6 Å². The average Bonchev–Trinajstić information content (AvgIpc) is 2.37. The summed E-state index contributed by atoms with van der Waals surface area (Å²) in [5, 5.41) is 20.0. The van der Waals surface area contributed by atoms with Crippen LogP contribution in [-0.4, -0.2) is 31.0 Å². The second kappa shape index (κ2) is 4.60. The highest BCUT2D eigenvalue weighted by Gasteiger charge is 2.51. The molecule has 0 bridgehead atoms. The van der Waals surface area contributed by atoms with E-state index in [9.17, 15) is 10.4 Å². The molecule has 0 saturated heterocycles. The molecule has 0 amide bonds. The highest BCUT2D eigenvalue weighted by atomic mass is 16.5. The summed E-state index contributed by atoms with van der Waals surface area (Å²) in [6.07, 6.45) is 0.468. The van der Waals surface area contributed by atoms with Crippen LogP contribution in [0, 0.1) is 16.7 Å². The fourth-order valence-electron chi connectivity index (χ4n) is 2.33. The van der Waals surface area contributed by atoms with E-state index in [-0.39, 0.29) is 13.2 Å². The highest BCUT2D eigenvalue weighted by molar-refractivity contribution is 5.38. The zero-order valence-electron chi connectivity index (χ0n) is 10.6. The predicted molar refractivity (Wildman–Crippen MR) is 66.2 cm³/mol. The number of nitriles is 1. The third kappa shape index (κ3) is 1.96. The predicted octanol–water partition coefficient (Wildman–Crippen LogP) is 1.53. The summed E-state index contributed by atoms with van der Waals surface area (Å²) in [5.41, 5.74) is -1.27. The maximum atomic E-state index is 10.5. The van der Waals surface area contributed by atoms with Gasteiger partial charge >= 0.3 is 0 Å². The molecule has 2 rings (SSSR count). The van der Waals surface area contributed by atoms with E-state index in [1.54, 1.807) is 6.92 Å². The van der Waals surface area contributed by atoms with Crippen molar-refractivity contribution in [2.75, 3.05) is 20.3 Å². The molecular formula is C14H17NO3. The second-order valence-electron chi connectivity index (χ2n) is 4.97. The van der Waals surface area contributed by atoms with Gasteiger partial charge in [-0.3, -0.25) is 0 Å². The molecule has 0 radical (unpaired) electrons. The lowest BCUT2D eigenvalue weighted by atomic mass is 9.69. The van der Waals surface area contributed by atoms with Gasteiger partial charge in [0.15, 0.2) is 0 Å². The molecule has 0 fully saturated rings. The minimum absolute atomic E-state index is 0.103. The van der Waals surface area contributed by atoms with E-state index in [2.05, 4.69) is 6.07 Å². The Kier molecular flexibility index (Phi) is 3.29. The van der Waals surface area contributed by atoms with Gasteiger partial charge in [-0.1, -0.05) is 18.2 Å². The molecule has 1 heterocycles. The summed E-state index contributed by atoms with van der Waals surface area (Å²) < 4.78 is 10.6. The molecule has 1 aromatic carbocycles. The number of nitrogens with zero attached hydrogens (tertiary/aromatic N) is 1. The molecule has 96 valence electrons. The summed E-state index contributed by atoms with van der Waals surface area (Å²) in [5.74, 6) is 0.789. The molecule has 1 aromatic rings. The van der Waals surface area contributed by atoms with Gasteiger partial charge in [0, 0.05) is 13.5 Å². The van der Waals surface area contributed by atoms with Crippen LogP contribution in [0.15, 0.2) is 24.3 Å². The Morgan fingerprint density at radius 1 is 1.56 bits per heavy atom. The maximum Gasteiger partial charge on any atom is 0.126 e. The number of ether oxygens (including phenoxy) is 2. The van der Waals surface area contributed by atoms with Crippen LogP contribution >= 0.6 is 0 Å². The molecule has 4 heteroatoms. The van der Waals surface area contributed by atoms with Gasteiger partial charge in [-0.25, -0.2) is 0 Å². The first-order valence-corrected chi connectivity index (χ1v) is 5.88. The smallest absolute Gasteiger partial charge is 0.126 e. The fourth-order valence-corrected chi connectivity index (χ4v) is 2.33. The summed E-state index contributed by atoms with van der Waals surface area (Å²) >= 11 is 0. The molecule has 1 aliphatic heterocycles. The van der Waals surface area contributed by atoms with Gasteiger partial charge in [-0.05, 0) is 18.6 Å². The summed E-state index contributed by atoms with van der Waals surface area (Å²) in [4.78, 5) is 0. The summed E-state index contributed by atoms with van der Waals surface area (Å²) in [7, 11) is 1.51. The van der Waals surface area contributed by atoms with E-state index in [1.165, 1.54) is 7.11 Å². The molecule has 0 saturated carbocycles. The van der Waals surface area contributed by atoms with Gasteiger partial charge in [0.05, 0.1) is 12.7 Å². The fraction of sp³-hybridized carbons (Fsp3) is 0.500. The average molecular weight is 247 g/mol. The van der Waals surface area contributed by atoms with Crippen LogP contribution < -0.4 is 4.74 Å². The Balaban J connectivity index is 2.36. The van der Waals surface area contributed by atoms with Crippen molar-refractivity contribution >= 4 is 0 Å². The molecule has 1 N–H and O–H groups in total. The van der Waals surface area contributed by atoms with E-state index in [4.69, 9.17) is 9.47 Å². The lowest BCUT2D eigenvalue weighted by Gasteiger charge is -2.42. The standard InChI is InChI=1S/C14H17NO3/c1-13(16,9-17-2)14(8-15)7-11-5-3-4-6-12(11)18-10-14/h3-6,16H,7,9-10H2,1-2H3. The lowest BCUT2D eigenvalue weighted by molar-refractivity contribution is -0.107. The van der Waals surface area contributed by atoms with Gasteiger partial charge in [0.25, 0.3) is 0 Å². The molecule has 0 aliphatic carbocycles. The quantitative estimate of drug-likeness (QED) is 0.879. The van der Waals surface area contributed by atoms with Gasteiger partial charge in [-0.15, -0.1) is 0 Å². The van der Waals surface area contributed by atoms with Crippen LogP contribution in [0.4, 0.5) is 0 Å². The number of aliphatic hydroxyl groups is 1. The first-order chi connectivity index (χ1) is 8.54. The molecule has 18 heavy (non-hydrogen) atoms. The molecule has 4 nitrogen and oxygen atoms in total. The Hall–Kier alpha value is -1.57. The molecule has 0 aromatic heterocycles. The van der Waals surface area contributed by atoms with Crippen molar-refractivity contribution in [2.45, 2.75) is 18.9 Å². The Labute approximate surface area is 107 Å². The van der Waals surface area contributed by atoms with Gasteiger partial charge in [0.2, 0.25) is 0 Å². The van der Waals surface area contributed by atoms with Crippen LogP contribution in [0.25, 0.3) is 0 Å². The van der Waals surface area contributed by atoms with Crippen LogP contribution in [0.3, 0.4) is 0 Å². The number of para-hydroxylation sites is 1. The first kappa shape index (κ1) is 12.9. The zero-order valence-corrected chi connectivity index (χ0v) is 10.6. The van der Waals surface area contributed by atoms with Crippen molar-refractivity contribution in [3.63, 3.8) is 0 Å². The van der Waals surface area contributed by atoms with E-state index >= 15 is 0 Å². The molecule has 2 unspecified atom stereocenters. The molecule has 1 aliphatic rings. The SMILES string of the molecule is COCC(C)(O)C1(C#N)COc2ccccc2C1. The van der Waals surface area contributed by atoms with Crippen molar-refractivity contribution in [1.82, 2.24) is 0 Å². The minimum Gasteiger partial charge on any atom is -0.492 e. The third-order valence-corrected chi connectivity index (χ3v) is 3.61. The highest BCUT2D eigenvalue weighted by Crippen LogP contribution is 2.41. The van der Waals surface area contributed by atoms with Gasteiger partial charge in [-0.2, -0.15) is 5.26 Å². The second-order valence-corrected chi connectivity index (χ2v) is 4.97. The molecule has 2 atom stereocenters. The van der Waals surface area contributed by atoms with Crippen LogP contribution in [0.2, 0.25) is 0 Å². The number of benzene rings is 1. The number of hydrogen-bond acceptors (Lipinski definition) is 4. The van der Waals surface area contributed by atoms with E-state index in [0.717, 1.165) is 11.3 Å². The lowest BCUT2D eigenvalue weighted by Crippen LogP contribution is -2.54. The summed E-state index contributed by atoms with van der Waals surface area (Å²) in [6.45, 7) is 1.90. The van der Waals surface area contributed by atoms with E-state index < -0.39 is 11.0 Å². The maximum absolute atomic E-state index is 10.5. The van der Waals surface area contributed by atoms with Crippen LogP contribution in [-0.2, 0) is 11.2 Å². The Bertz CT molecular complexity index is 478. The largest absolute Gasteiger partial charge is 0.492 e. The van der Waals surface area contributed by atoms with Crippen molar-refractivity contribution in [2.24, 2.45) is 5.41 Å². The van der Waals surface area contributed by atoms with Crippen molar-refractivity contribution in [3.05, 3.63) is 29.8 Å². The van der Waals surface area contributed by atoms with Gasteiger partial charge in [0.1, 0.15) is 23.4 Å². The molecule has 0 spiro atoms.